The molecule has 3 aromatic rings. The number of anilines is 2. The maximum absolute atomic E-state index is 12.9. The van der Waals surface area contributed by atoms with Gasteiger partial charge in [-0.2, -0.15) is 18.3 Å². The number of alkyl halides is 3. The Morgan fingerprint density at radius 2 is 1.79 bits per heavy atom. The number of thiocarbonyl (C=S) groups is 1. The molecule has 0 amide bonds. The number of rotatable bonds is 4. The average molecular weight is 404 g/mol. The quantitative estimate of drug-likeness (QED) is 0.573. The zero-order valence-corrected chi connectivity index (χ0v) is 16.2. The number of nitrogens with one attached hydrogen (secondary N) is 2. The highest BCUT2D eigenvalue weighted by Crippen LogP contribution is 2.29. The molecule has 1 heterocycles. The van der Waals surface area contributed by atoms with E-state index < -0.39 is 11.7 Å². The summed E-state index contributed by atoms with van der Waals surface area (Å²) in [6.45, 7) is 4.05. The molecule has 0 unspecified atom stereocenters. The van der Waals surface area contributed by atoms with Crippen LogP contribution in [-0.2, 0) is 12.7 Å². The van der Waals surface area contributed by atoms with Gasteiger partial charge in [0, 0.05) is 17.4 Å². The van der Waals surface area contributed by atoms with Crippen molar-refractivity contribution in [3.63, 3.8) is 0 Å². The van der Waals surface area contributed by atoms with Crippen molar-refractivity contribution in [3.05, 3.63) is 77.0 Å². The number of benzene rings is 2. The summed E-state index contributed by atoms with van der Waals surface area (Å²) in [5.41, 5.74) is 2.62. The van der Waals surface area contributed by atoms with E-state index in [9.17, 15) is 13.2 Å². The molecule has 0 aliphatic rings. The van der Waals surface area contributed by atoms with Gasteiger partial charge >= 0.3 is 6.18 Å². The Labute approximate surface area is 166 Å². The zero-order chi connectivity index (χ0) is 20.3. The van der Waals surface area contributed by atoms with Crippen molar-refractivity contribution in [3.8, 4) is 0 Å². The van der Waals surface area contributed by atoms with Crippen molar-refractivity contribution in [2.45, 2.75) is 26.6 Å². The van der Waals surface area contributed by atoms with Crippen LogP contribution in [0.25, 0.3) is 0 Å². The first-order valence-electron chi connectivity index (χ1n) is 8.56. The number of aryl methyl sites for hydroxylation is 2. The van der Waals surface area contributed by atoms with Crippen molar-refractivity contribution < 1.29 is 13.2 Å². The summed E-state index contributed by atoms with van der Waals surface area (Å²) < 4.78 is 40.3. The van der Waals surface area contributed by atoms with Gasteiger partial charge in [-0.3, -0.25) is 4.68 Å². The molecule has 146 valence electrons. The number of aromatic nitrogens is 2. The minimum atomic E-state index is -4.37. The van der Waals surface area contributed by atoms with Crippen LogP contribution in [-0.4, -0.2) is 14.9 Å². The maximum atomic E-state index is 12.9. The van der Waals surface area contributed by atoms with Gasteiger partial charge in [0.1, 0.15) is 0 Å². The Bertz CT molecular complexity index is 995. The number of hydrogen-bond acceptors (Lipinski definition) is 2. The number of nitrogens with zero attached hydrogens (tertiary/aromatic N) is 2. The van der Waals surface area contributed by atoms with E-state index in [1.54, 1.807) is 16.8 Å². The molecular formula is C20H19F3N4S. The second-order valence-corrected chi connectivity index (χ2v) is 6.88. The molecule has 4 nitrogen and oxygen atoms in total. The molecule has 0 spiro atoms. The fourth-order valence-electron chi connectivity index (χ4n) is 2.75. The Morgan fingerprint density at radius 1 is 1.04 bits per heavy atom. The van der Waals surface area contributed by atoms with Crippen LogP contribution >= 0.6 is 12.2 Å². The lowest BCUT2D eigenvalue weighted by molar-refractivity contribution is -0.137. The first-order valence-corrected chi connectivity index (χ1v) is 8.97. The fraction of sp³-hybridized carbons (Fsp3) is 0.200. The van der Waals surface area contributed by atoms with Gasteiger partial charge in [0.2, 0.25) is 0 Å². The third-order valence-corrected chi connectivity index (χ3v) is 4.29. The molecule has 0 bridgehead atoms. The fourth-order valence-corrected chi connectivity index (χ4v) is 2.97. The largest absolute Gasteiger partial charge is 0.416 e. The van der Waals surface area contributed by atoms with Crippen LogP contribution < -0.4 is 10.6 Å². The Kier molecular flexibility index (Phi) is 5.69. The number of hydrogen-bond donors (Lipinski definition) is 2. The van der Waals surface area contributed by atoms with Crippen LogP contribution in [0.2, 0.25) is 0 Å². The second-order valence-electron chi connectivity index (χ2n) is 6.48. The van der Waals surface area contributed by atoms with Crippen molar-refractivity contribution in [1.29, 1.82) is 0 Å². The molecule has 1 aromatic heterocycles. The highest BCUT2D eigenvalue weighted by Gasteiger charge is 2.30. The van der Waals surface area contributed by atoms with Crippen LogP contribution in [0.5, 0.6) is 0 Å². The van der Waals surface area contributed by atoms with Crippen molar-refractivity contribution in [2.75, 3.05) is 10.6 Å². The molecule has 2 aromatic carbocycles. The minimum Gasteiger partial charge on any atom is -0.332 e. The van der Waals surface area contributed by atoms with E-state index in [0.29, 0.717) is 16.5 Å². The molecule has 0 aliphatic carbocycles. The highest BCUT2D eigenvalue weighted by atomic mass is 32.1. The molecular weight excluding hydrogens is 385 g/mol. The monoisotopic (exact) mass is 404 g/mol. The summed E-state index contributed by atoms with van der Waals surface area (Å²) in [4.78, 5) is 0. The van der Waals surface area contributed by atoms with E-state index in [1.165, 1.54) is 6.07 Å². The number of halogens is 3. The molecule has 0 saturated carbocycles. The van der Waals surface area contributed by atoms with Crippen molar-refractivity contribution >= 4 is 28.8 Å². The zero-order valence-electron chi connectivity index (χ0n) is 15.3. The van der Waals surface area contributed by atoms with Gasteiger partial charge in [0.05, 0.1) is 12.1 Å². The van der Waals surface area contributed by atoms with Gasteiger partial charge < -0.3 is 10.6 Å². The maximum Gasteiger partial charge on any atom is 0.416 e. The summed E-state index contributed by atoms with van der Waals surface area (Å²) in [5.74, 6) is 0.523. The normalized spacial score (nSPS) is 11.3. The van der Waals surface area contributed by atoms with Gasteiger partial charge in [-0.15, -0.1) is 0 Å². The predicted octanol–water partition coefficient (Wildman–Crippen LogP) is 5.38. The SMILES string of the molecule is Cc1cccc(NC(=S)Nc2cc(C)n(Cc3cccc(C(F)(F)F)c3)n2)c1. The van der Waals surface area contributed by atoms with E-state index in [2.05, 4.69) is 15.7 Å². The van der Waals surface area contributed by atoms with Crippen molar-refractivity contribution in [1.82, 2.24) is 9.78 Å². The summed E-state index contributed by atoms with van der Waals surface area (Å²) in [7, 11) is 0. The Morgan fingerprint density at radius 3 is 2.50 bits per heavy atom. The van der Waals surface area contributed by atoms with Gasteiger partial charge in [-0.1, -0.05) is 24.3 Å². The van der Waals surface area contributed by atoms with Crippen LogP contribution in [0.15, 0.2) is 54.6 Å². The van der Waals surface area contributed by atoms with E-state index in [0.717, 1.165) is 29.1 Å². The second kappa shape index (κ2) is 8.02. The third-order valence-electron chi connectivity index (χ3n) is 4.09. The smallest absolute Gasteiger partial charge is 0.332 e. The Hall–Kier alpha value is -2.87. The highest BCUT2D eigenvalue weighted by molar-refractivity contribution is 7.80. The lowest BCUT2D eigenvalue weighted by atomic mass is 10.1. The summed E-state index contributed by atoms with van der Waals surface area (Å²) in [6.07, 6.45) is -4.37. The third kappa shape index (κ3) is 5.10. The molecule has 8 heteroatoms. The molecule has 0 saturated heterocycles. The van der Waals surface area contributed by atoms with Crippen LogP contribution in [0.4, 0.5) is 24.7 Å². The van der Waals surface area contributed by atoms with Crippen molar-refractivity contribution in [2.24, 2.45) is 0 Å². The standard InChI is InChI=1S/C20H19F3N4S/c1-13-5-3-8-17(9-13)24-19(28)25-18-10-14(2)27(26-18)12-15-6-4-7-16(11-15)20(21,22)23/h3-11H,12H2,1-2H3,(H2,24,25,26,28). The van der Waals surface area contributed by atoms with Gasteiger partial charge in [-0.05, 0) is 61.5 Å². The molecule has 0 atom stereocenters. The van der Waals surface area contributed by atoms with E-state index in [1.807, 2.05) is 38.1 Å². The summed E-state index contributed by atoms with van der Waals surface area (Å²) in [6, 6.07) is 14.8. The van der Waals surface area contributed by atoms with E-state index in [-0.39, 0.29) is 6.54 Å². The molecule has 0 fully saturated rings. The molecule has 0 radical (unpaired) electrons. The van der Waals surface area contributed by atoms with E-state index >= 15 is 0 Å². The van der Waals surface area contributed by atoms with Crippen LogP contribution in [0, 0.1) is 13.8 Å². The lowest BCUT2D eigenvalue weighted by Gasteiger charge is -2.10. The average Bonchev–Trinajstić information content (AvgIpc) is 2.93. The van der Waals surface area contributed by atoms with E-state index in [4.69, 9.17) is 12.2 Å². The van der Waals surface area contributed by atoms with Crippen LogP contribution in [0.3, 0.4) is 0 Å². The lowest BCUT2D eigenvalue weighted by Crippen LogP contribution is -2.19. The van der Waals surface area contributed by atoms with Gasteiger partial charge in [0.15, 0.2) is 10.9 Å². The molecule has 3 rings (SSSR count). The molecule has 2 N–H and O–H groups in total. The van der Waals surface area contributed by atoms with Gasteiger partial charge in [0.25, 0.3) is 0 Å². The molecule has 0 aliphatic heterocycles. The summed E-state index contributed by atoms with van der Waals surface area (Å²) in [5, 5.41) is 10.9. The minimum absolute atomic E-state index is 0.232. The predicted molar refractivity (Wildman–Crippen MR) is 109 cm³/mol. The van der Waals surface area contributed by atoms with Crippen LogP contribution in [0.1, 0.15) is 22.4 Å². The van der Waals surface area contributed by atoms with Gasteiger partial charge in [-0.25, -0.2) is 0 Å². The topological polar surface area (TPSA) is 41.9 Å². The molecule has 28 heavy (non-hydrogen) atoms. The Balaban J connectivity index is 1.69. The first kappa shape index (κ1) is 19.9. The summed E-state index contributed by atoms with van der Waals surface area (Å²) >= 11 is 5.31. The first-order chi connectivity index (χ1) is 13.2.